The third kappa shape index (κ3) is 2.70. The minimum absolute atomic E-state index is 0.00914. The van der Waals surface area contributed by atoms with Gasteiger partial charge in [-0.05, 0) is 45.9 Å². The molecule has 1 saturated heterocycles. The predicted molar refractivity (Wildman–Crippen MR) is 97.9 cm³/mol. The van der Waals surface area contributed by atoms with Crippen molar-refractivity contribution < 1.29 is 4.39 Å². The number of nitrogens with zero attached hydrogens (tertiary/aromatic N) is 4. The number of hydrogen-bond donors (Lipinski definition) is 0. The third-order valence-corrected chi connectivity index (χ3v) is 6.14. The second-order valence-electron chi connectivity index (χ2n) is 7.71. The highest BCUT2D eigenvalue weighted by Gasteiger charge is 2.45. The van der Waals surface area contributed by atoms with E-state index < -0.39 is 0 Å². The largest absolute Gasteiger partial charge is 0.325 e. The zero-order valence-electron chi connectivity index (χ0n) is 15.4. The maximum absolute atomic E-state index is 13.7. The minimum atomic E-state index is -0.194. The smallest absolute Gasteiger partial charge is 0.129 e. The minimum Gasteiger partial charge on any atom is -0.325 e. The number of imidazole rings is 1. The summed E-state index contributed by atoms with van der Waals surface area (Å²) < 4.78 is 16.0. The Morgan fingerprint density at radius 2 is 1.88 bits per heavy atom. The molecule has 0 unspecified atom stereocenters. The molecule has 4 rings (SSSR count). The number of likely N-dealkylation sites (N-methyl/N-ethyl adjacent to an activating group) is 1. The Bertz CT molecular complexity index is 759. The predicted octanol–water partition coefficient (Wildman–Crippen LogP) is 3.33. The zero-order valence-corrected chi connectivity index (χ0v) is 15.4. The van der Waals surface area contributed by atoms with Crippen molar-refractivity contribution in [1.29, 1.82) is 0 Å². The first kappa shape index (κ1) is 16.7. The first-order valence-corrected chi connectivity index (χ1v) is 9.28. The molecule has 0 radical (unpaired) electrons. The summed E-state index contributed by atoms with van der Waals surface area (Å²) in [6.45, 7) is 8.66. The normalized spacial score (nSPS) is 21.0. The van der Waals surface area contributed by atoms with Gasteiger partial charge in [-0.25, -0.2) is 9.37 Å². The lowest BCUT2D eigenvalue weighted by Gasteiger charge is -2.50. The number of fused-ring (bicyclic) bond motifs is 2. The summed E-state index contributed by atoms with van der Waals surface area (Å²) in [5, 5.41) is 0. The van der Waals surface area contributed by atoms with E-state index >= 15 is 0 Å². The van der Waals surface area contributed by atoms with E-state index in [0.717, 1.165) is 56.1 Å². The van der Waals surface area contributed by atoms with Gasteiger partial charge < -0.3 is 9.47 Å². The van der Waals surface area contributed by atoms with E-state index in [1.54, 1.807) is 12.1 Å². The van der Waals surface area contributed by atoms with Gasteiger partial charge in [0.25, 0.3) is 0 Å². The molecule has 2 aromatic rings. The fraction of sp³-hybridized carbons (Fsp3) is 0.550. The topological polar surface area (TPSA) is 24.3 Å². The summed E-state index contributed by atoms with van der Waals surface area (Å²) in [4.78, 5) is 9.88. The number of piperidine rings is 1. The quantitative estimate of drug-likeness (QED) is 0.837. The molecule has 4 nitrogen and oxygen atoms in total. The van der Waals surface area contributed by atoms with Crippen molar-refractivity contribution in [2.75, 3.05) is 26.7 Å². The molecule has 0 bridgehead atoms. The van der Waals surface area contributed by atoms with E-state index in [9.17, 15) is 4.39 Å². The number of halogens is 1. The molecule has 0 N–H and O–H groups in total. The first-order valence-electron chi connectivity index (χ1n) is 9.28. The van der Waals surface area contributed by atoms with Crippen molar-refractivity contribution in [1.82, 2.24) is 19.4 Å². The van der Waals surface area contributed by atoms with Crippen LogP contribution in [-0.4, -0.2) is 52.1 Å². The molecule has 0 amide bonds. The molecule has 1 fully saturated rings. The third-order valence-electron chi connectivity index (χ3n) is 6.14. The summed E-state index contributed by atoms with van der Waals surface area (Å²) in [7, 11) is 2.23. The van der Waals surface area contributed by atoms with Crippen LogP contribution in [0.4, 0.5) is 4.39 Å². The van der Waals surface area contributed by atoms with Gasteiger partial charge in [-0.3, -0.25) is 4.90 Å². The van der Waals surface area contributed by atoms with Crippen LogP contribution in [-0.2, 0) is 12.1 Å². The van der Waals surface area contributed by atoms with E-state index in [4.69, 9.17) is 4.98 Å². The average Bonchev–Trinajstić information content (AvgIpc) is 3.04. The van der Waals surface area contributed by atoms with E-state index in [0.29, 0.717) is 6.04 Å². The fourth-order valence-corrected chi connectivity index (χ4v) is 4.50. The van der Waals surface area contributed by atoms with Crippen LogP contribution in [0.3, 0.4) is 0 Å². The van der Waals surface area contributed by atoms with E-state index in [1.165, 1.54) is 6.07 Å². The Balaban J connectivity index is 1.72. The first-order chi connectivity index (χ1) is 12.0. The Morgan fingerprint density at radius 3 is 2.56 bits per heavy atom. The zero-order chi connectivity index (χ0) is 17.6. The molecule has 2 aliphatic rings. The summed E-state index contributed by atoms with van der Waals surface area (Å²) in [5.41, 5.74) is 1.96. The molecule has 1 aromatic carbocycles. The van der Waals surface area contributed by atoms with Gasteiger partial charge in [-0.15, -0.1) is 0 Å². The SMILES string of the molecule is CC(C)N1CCC2(CC1)c1ncc(-c3cccc(F)c3)n1CCN2C. The molecule has 2 aliphatic heterocycles. The fourth-order valence-electron chi connectivity index (χ4n) is 4.50. The molecular weight excluding hydrogens is 315 g/mol. The van der Waals surface area contributed by atoms with Crippen molar-refractivity contribution in [3.05, 3.63) is 42.1 Å². The Labute approximate surface area is 149 Å². The lowest BCUT2D eigenvalue weighted by atomic mass is 9.83. The average molecular weight is 342 g/mol. The van der Waals surface area contributed by atoms with E-state index in [2.05, 4.69) is 35.3 Å². The maximum Gasteiger partial charge on any atom is 0.129 e. The van der Waals surface area contributed by atoms with Gasteiger partial charge >= 0.3 is 0 Å². The summed E-state index contributed by atoms with van der Waals surface area (Å²) in [6, 6.07) is 7.44. The monoisotopic (exact) mass is 342 g/mol. The lowest BCUT2D eigenvalue weighted by molar-refractivity contribution is 0.00117. The number of rotatable bonds is 2. The highest BCUT2D eigenvalue weighted by atomic mass is 19.1. The Kier molecular flexibility index (Phi) is 4.16. The Hall–Kier alpha value is -1.72. The molecule has 3 heterocycles. The van der Waals surface area contributed by atoms with Crippen molar-refractivity contribution in [2.24, 2.45) is 0 Å². The van der Waals surface area contributed by atoms with Crippen LogP contribution < -0.4 is 0 Å². The van der Waals surface area contributed by atoms with E-state index in [-0.39, 0.29) is 11.4 Å². The molecule has 1 aromatic heterocycles. The highest BCUT2D eigenvalue weighted by molar-refractivity contribution is 5.60. The van der Waals surface area contributed by atoms with Crippen molar-refractivity contribution in [2.45, 2.75) is 44.8 Å². The molecule has 5 heteroatoms. The second-order valence-corrected chi connectivity index (χ2v) is 7.71. The number of hydrogen-bond acceptors (Lipinski definition) is 3. The number of benzene rings is 1. The van der Waals surface area contributed by atoms with Gasteiger partial charge in [0.2, 0.25) is 0 Å². The molecule has 1 spiro atoms. The number of aromatic nitrogens is 2. The van der Waals surface area contributed by atoms with Gasteiger partial charge in [0, 0.05) is 37.8 Å². The molecule has 0 aliphatic carbocycles. The Morgan fingerprint density at radius 1 is 1.12 bits per heavy atom. The van der Waals surface area contributed by atoms with Crippen LogP contribution in [0, 0.1) is 5.82 Å². The van der Waals surface area contributed by atoms with Crippen LogP contribution in [0.2, 0.25) is 0 Å². The number of likely N-dealkylation sites (tertiary alicyclic amines) is 1. The molecular formula is C20H27FN4. The van der Waals surface area contributed by atoms with Gasteiger partial charge in [0.05, 0.1) is 17.4 Å². The molecule has 25 heavy (non-hydrogen) atoms. The van der Waals surface area contributed by atoms with Gasteiger partial charge in [-0.2, -0.15) is 0 Å². The lowest BCUT2D eigenvalue weighted by Crippen LogP contribution is -2.57. The maximum atomic E-state index is 13.7. The van der Waals surface area contributed by atoms with Crippen LogP contribution in [0.25, 0.3) is 11.3 Å². The molecule has 0 saturated carbocycles. The van der Waals surface area contributed by atoms with Crippen LogP contribution in [0.15, 0.2) is 30.5 Å². The molecule has 134 valence electrons. The molecule has 0 atom stereocenters. The van der Waals surface area contributed by atoms with E-state index in [1.807, 2.05) is 12.3 Å². The van der Waals surface area contributed by atoms with Crippen LogP contribution in [0.5, 0.6) is 0 Å². The standard InChI is InChI=1S/C20H27FN4/c1-15(2)24-9-7-20(8-10-24)19-22-14-18(25(19)12-11-23(20)3)16-5-4-6-17(21)13-16/h4-6,13-15H,7-12H2,1-3H3. The van der Waals surface area contributed by atoms with Gasteiger partial charge in [0.15, 0.2) is 0 Å². The van der Waals surface area contributed by atoms with Gasteiger partial charge in [0.1, 0.15) is 11.6 Å². The summed E-state index contributed by atoms with van der Waals surface area (Å²) in [5.74, 6) is 0.963. The van der Waals surface area contributed by atoms with Crippen molar-refractivity contribution in [3.8, 4) is 11.3 Å². The summed E-state index contributed by atoms with van der Waals surface area (Å²) >= 11 is 0. The van der Waals surface area contributed by atoms with Crippen molar-refractivity contribution in [3.63, 3.8) is 0 Å². The van der Waals surface area contributed by atoms with Crippen molar-refractivity contribution >= 4 is 0 Å². The summed E-state index contributed by atoms with van der Waals surface area (Å²) in [6.07, 6.45) is 4.13. The van der Waals surface area contributed by atoms with Crippen LogP contribution >= 0.6 is 0 Å². The highest BCUT2D eigenvalue weighted by Crippen LogP contribution is 2.41. The van der Waals surface area contributed by atoms with Crippen LogP contribution in [0.1, 0.15) is 32.5 Å². The second kappa shape index (κ2) is 6.22. The van der Waals surface area contributed by atoms with Gasteiger partial charge in [-0.1, -0.05) is 12.1 Å².